The Kier molecular flexibility index (Phi) is 6.49. The topological polar surface area (TPSA) is 12.0 Å². The van der Waals surface area contributed by atoms with E-state index < -0.39 is 0 Å². The Labute approximate surface area is 176 Å². The van der Waals surface area contributed by atoms with Crippen molar-refractivity contribution >= 4 is 11.8 Å². The van der Waals surface area contributed by atoms with Gasteiger partial charge < -0.3 is 5.32 Å². The third kappa shape index (κ3) is 4.76. The molecule has 0 aromatic carbocycles. The van der Waals surface area contributed by atoms with Crippen molar-refractivity contribution in [1.82, 2.24) is 5.32 Å². The van der Waals surface area contributed by atoms with Crippen LogP contribution in [0.4, 0.5) is 0 Å². The van der Waals surface area contributed by atoms with Crippen LogP contribution in [-0.2, 0) is 0 Å². The largest absolute Gasteiger partial charge is 0.391 e. The van der Waals surface area contributed by atoms with Crippen LogP contribution < -0.4 is 5.32 Å². The van der Waals surface area contributed by atoms with Crippen LogP contribution in [0.3, 0.4) is 0 Å². The summed E-state index contributed by atoms with van der Waals surface area (Å²) in [5.74, 6) is 0. The fraction of sp³-hybridized carbons (Fsp3) is 0.538. The summed E-state index contributed by atoms with van der Waals surface area (Å²) in [6.07, 6.45) is 21.2. The number of hydrogen-bond acceptors (Lipinski definition) is 2. The van der Waals surface area contributed by atoms with Gasteiger partial charge in [0, 0.05) is 28.0 Å². The molecular weight excluding hydrogens is 358 g/mol. The van der Waals surface area contributed by atoms with E-state index in [0.717, 1.165) is 19.3 Å². The van der Waals surface area contributed by atoms with Gasteiger partial charge in [0.25, 0.3) is 0 Å². The second kappa shape index (κ2) is 8.53. The third-order valence-corrected chi connectivity index (χ3v) is 7.54. The van der Waals surface area contributed by atoms with Crippen molar-refractivity contribution in [1.29, 1.82) is 0 Å². The van der Waals surface area contributed by atoms with Gasteiger partial charge in [-0.15, -0.1) is 0 Å². The molecule has 0 spiro atoms. The summed E-state index contributed by atoms with van der Waals surface area (Å²) < 4.78 is 0. The lowest BCUT2D eigenvalue weighted by Gasteiger charge is -2.35. The fourth-order valence-electron chi connectivity index (χ4n) is 4.32. The van der Waals surface area contributed by atoms with Gasteiger partial charge in [-0.1, -0.05) is 87.4 Å². The van der Waals surface area contributed by atoms with Gasteiger partial charge in [0.2, 0.25) is 0 Å². The molecule has 0 atom stereocenters. The Morgan fingerprint density at radius 2 is 1.61 bits per heavy atom. The SMILES string of the molecule is CNC1=C(SC2=CCCC(C(C)(C)C)=C2)C=C(C(C)(C)C2=CC=CCC2)CC1. The van der Waals surface area contributed by atoms with Crippen molar-refractivity contribution in [3.05, 3.63) is 68.7 Å². The second-order valence-electron chi connectivity index (χ2n) is 9.71. The van der Waals surface area contributed by atoms with Crippen LogP contribution >= 0.6 is 11.8 Å². The lowest BCUT2D eigenvalue weighted by atomic mass is 9.71. The summed E-state index contributed by atoms with van der Waals surface area (Å²) in [6.45, 7) is 11.8. The quantitative estimate of drug-likeness (QED) is 0.509. The van der Waals surface area contributed by atoms with Crippen molar-refractivity contribution < 1.29 is 0 Å². The maximum atomic E-state index is 3.48. The Bertz CT molecular complexity index is 791. The minimum Gasteiger partial charge on any atom is -0.391 e. The minimum atomic E-state index is 0.142. The highest BCUT2D eigenvalue weighted by atomic mass is 32.2. The Hall–Kier alpha value is -1.41. The van der Waals surface area contributed by atoms with Crippen LogP contribution in [0, 0.1) is 10.8 Å². The molecule has 3 aliphatic rings. The van der Waals surface area contributed by atoms with E-state index in [1.165, 1.54) is 34.8 Å². The molecule has 28 heavy (non-hydrogen) atoms. The molecule has 3 aliphatic carbocycles. The number of rotatable bonds is 5. The highest BCUT2D eigenvalue weighted by Crippen LogP contribution is 2.46. The molecule has 0 radical (unpaired) electrons. The molecule has 0 aliphatic heterocycles. The molecule has 1 N–H and O–H groups in total. The smallest absolute Gasteiger partial charge is 0.0311 e. The molecule has 1 nitrogen and oxygen atoms in total. The average Bonchev–Trinajstić information content (AvgIpc) is 2.68. The monoisotopic (exact) mass is 395 g/mol. The van der Waals surface area contributed by atoms with Crippen molar-refractivity contribution in [2.45, 2.75) is 73.1 Å². The molecule has 0 aromatic rings. The molecule has 0 saturated heterocycles. The lowest BCUT2D eigenvalue weighted by molar-refractivity contribution is 0.481. The number of thioether (sulfide) groups is 1. The van der Waals surface area contributed by atoms with Crippen LogP contribution in [0.1, 0.15) is 73.1 Å². The van der Waals surface area contributed by atoms with Crippen LogP contribution in [-0.4, -0.2) is 7.05 Å². The fourth-order valence-corrected chi connectivity index (χ4v) is 5.51. The maximum absolute atomic E-state index is 3.48. The van der Waals surface area contributed by atoms with E-state index in [2.05, 4.69) is 83.4 Å². The van der Waals surface area contributed by atoms with E-state index in [9.17, 15) is 0 Å². The molecule has 0 aromatic heterocycles. The molecule has 0 fully saturated rings. The zero-order chi connectivity index (χ0) is 20.4. The van der Waals surface area contributed by atoms with Gasteiger partial charge in [0.1, 0.15) is 0 Å². The highest BCUT2D eigenvalue weighted by Gasteiger charge is 2.30. The molecule has 152 valence electrons. The van der Waals surface area contributed by atoms with Gasteiger partial charge in [-0.3, -0.25) is 0 Å². The summed E-state index contributed by atoms with van der Waals surface area (Å²) in [5, 5.41) is 3.48. The summed E-state index contributed by atoms with van der Waals surface area (Å²) in [5.41, 5.74) is 6.51. The van der Waals surface area contributed by atoms with E-state index >= 15 is 0 Å². The molecular formula is C26H37NS. The van der Waals surface area contributed by atoms with E-state index in [1.807, 2.05) is 11.8 Å². The first kappa shape index (κ1) is 21.3. The predicted octanol–water partition coefficient (Wildman–Crippen LogP) is 7.82. The predicted molar refractivity (Wildman–Crippen MR) is 126 cm³/mol. The van der Waals surface area contributed by atoms with Crippen molar-refractivity contribution in [2.24, 2.45) is 10.8 Å². The third-order valence-electron chi connectivity index (χ3n) is 6.44. The molecule has 0 saturated carbocycles. The Morgan fingerprint density at radius 3 is 2.25 bits per heavy atom. The van der Waals surface area contributed by atoms with E-state index in [0.29, 0.717) is 0 Å². The van der Waals surface area contributed by atoms with Crippen LogP contribution in [0.5, 0.6) is 0 Å². The zero-order valence-electron chi connectivity index (χ0n) is 18.6. The molecule has 0 amide bonds. The summed E-state index contributed by atoms with van der Waals surface area (Å²) in [6, 6.07) is 0. The number of hydrogen-bond donors (Lipinski definition) is 1. The minimum absolute atomic E-state index is 0.142. The first-order valence-electron chi connectivity index (χ1n) is 10.8. The maximum Gasteiger partial charge on any atom is 0.0311 e. The van der Waals surface area contributed by atoms with Crippen LogP contribution in [0.2, 0.25) is 0 Å². The van der Waals surface area contributed by atoms with Gasteiger partial charge in [-0.25, -0.2) is 0 Å². The van der Waals surface area contributed by atoms with Crippen molar-refractivity contribution in [3.8, 4) is 0 Å². The Balaban J connectivity index is 1.87. The highest BCUT2D eigenvalue weighted by molar-refractivity contribution is 8.07. The standard InChI is InChI=1S/C26H37NS/c1-25(2,3)20-13-10-14-22(17-20)28-24-18-21(15-16-23(24)27-6)26(4,5)19-11-8-7-9-12-19/h7-8,11,14,17-18,27H,9-10,12-13,15-16H2,1-6H3. The van der Waals surface area contributed by atoms with Gasteiger partial charge >= 0.3 is 0 Å². The average molecular weight is 396 g/mol. The van der Waals surface area contributed by atoms with Crippen molar-refractivity contribution in [2.75, 3.05) is 7.05 Å². The van der Waals surface area contributed by atoms with E-state index in [4.69, 9.17) is 0 Å². The van der Waals surface area contributed by atoms with Crippen LogP contribution in [0.15, 0.2) is 68.7 Å². The van der Waals surface area contributed by atoms with Crippen molar-refractivity contribution in [3.63, 3.8) is 0 Å². The van der Waals surface area contributed by atoms with Crippen LogP contribution in [0.25, 0.3) is 0 Å². The van der Waals surface area contributed by atoms with Gasteiger partial charge in [-0.2, -0.15) is 0 Å². The molecule has 0 unspecified atom stereocenters. The normalized spacial score (nSPS) is 21.1. The summed E-state index contributed by atoms with van der Waals surface area (Å²) >= 11 is 1.95. The number of allylic oxidation sites excluding steroid dienone is 10. The number of nitrogens with one attached hydrogen (secondary N) is 1. The summed E-state index contributed by atoms with van der Waals surface area (Å²) in [7, 11) is 2.07. The molecule has 0 bridgehead atoms. The molecule has 0 heterocycles. The van der Waals surface area contributed by atoms with E-state index in [-0.39, 0.29) is 10.8 Å². The summed E-state index contributed by atoms with van der Waals surface area (Å²) in [4.78, 5) is 2.82. The molecule has 2 heteroatoms. The zero-order valence-corrected chi connectivity index (χ0v) is 19.4. The molecule has 3 rings (SSSR count). The van der Waals surface area contributed by atoms with Gasteiger partial charge in [0.05, 0.1) is 0 Å². The van der Waals surface area contributed by atoms with E-state index in [1.54, 1.807) is 16.7 Å². The van der Waals surface area contributed by atoms with Gasteiger partial charge in [0.15, 0.2) is 0 Å². The Morgan fingerprint density at radius 1 is 0.857 bits per heavy atom. The lowest BCUT2D eigenvalue weighted by Crippen LogP contribution is -2.22. The second-order valence-corrected chi connectivity index (χ2v) is 10.8. The first-order chi connectivity index (χ1) is 13.2. The van der Waals surface area contributed by atoms with Gasteiger partial charge in [-0.05, 0) is 56.1 Å². The first-order valence-corrected chi connectivity index (χ1v) is 11.6.